The molecule has 3 rings (SSSR count). The smallest absolute Gasteiger partial charge is 0.356 e. The van der Waals surface area contributed by atoms with Crippen molar-refractivity contribution in [3.05, 3.63) is 48.5 Å². The zero-order valence-electron chi connectivity index (χ0n) is 18.1. The normalized spacial score (nSPS) is 12.4. The molecule has 0 saturated heterocycles. The molecule has 7 nitrogen and oxygen atoms in total. The summed E-state index contributed by atoms with van der Waals surface area (Å²) in [5.74, 6) is 2.10. The van der Waals surface area contributed by atoms with Crippen LogP contribution in [-0.2, 0) is 13.1 Å². The molecule has 3 aromatic rings. The van der Waals surface area contributed by atoms with Gasteiger partial charge in [0.2, 0.25) is 0 Å². The summed E-state index contributed by atoms with van der Waals surface area (Å²) >= 11 is 0. The summed E-state index contributed by atoms with van der Waals surface area (Å²) in [6.45, 7) is 8.63. The van der Waals surface area contributed by atoms with Crippen molar-refractivity contribution in [2.45, 2.75) is 33.0 Å². The number of aliphatic hydroxyl groups excluding tert-OH is 1. The van der Waals surface area contributed by atoms with E-state index >= 15 is 0 Å². The number of aliphatic hydroxyl groups is 1. The molecule has 0 fully saturated rings. The average Bonchev–Trinajstić information content (AvgIpc) is 3.04. The molecule has 2 aromatic carbocycles. The van der Waals surface area contributed by atoms with Crippen LogP contribution in [0.3, 0.4) is 0 Å². The van der Waals surface area contributed by atoms with E-state index in [1.54, 1.807) is 7.11 Å². The van der Waals surface area contributed by atoms with Crippen molar-refractivity contribution in [1.29, 1.82) is 0 Å². The van der Waals surface area contributed by atoms with Gasteiger partial charge in [0.1, 0.15) is 41.8 Å². The van der Waals surface area contributed by atoms with Gasteiger partial charge in [-0.15, -0.1) is 0 Å². The first-order chi connectivity index (χ1) is 14.6. The highest BCUT2D eigenvalue weighted by Crippen LogP contribution is 2.18. The summed E-state index contributed by atoms with van der Waals surface area (Å²) in [5.41, 5.74) is 8.60. The fourth-order valence-electron chi connectivity index (χ4n) is 3.65. The Labute approximate surface area is 178 Å². The number of nitrogen functional groups attached to an aromatic ring is 1. The molecule has 0 aliphatic heterocycles. The van der Waals surface area contributed by atoms with Gasteiger partial charge in [0, 0.05) is 6.54 Å². The minimum Gasteiger partial charge on any atom is -0.497 e. The fraction of sp³-hybridized carbons (Fsp3) is 0.435. The minimum atomic E-state index is -0.693. The number of nitrogens with zero attached hydrogens (tertiary/aromatic N) is 3. The average molecular weight is 414 g/mol. The lowest BCUT2D eigenvalue weighted by atomic mass is 10.3. The lowest BCUT2D eigenvalue weighted by molar-refractivity contribution is -0.665. The van der Waals surface area contributed by atoms with E-state index in [1.165, 1.54) is 0 Å². The number of ether oxygens (including phenoxy) is 2. The molecular formula is C23H33N4O3+. The van der Waals surface area contributed by atoms with Gasteiger partial charge < -0.3 is 19.5 Å². The Balaban J connectivity index is 1.72. The van der Waals surface area contributed by atoms with Crippen LogP contribution in [0.5, 0.6) is 11.5 Å². The van der Waals surface area contributed by atoms with E-state index in [0.717, 1.165) is 43.0 Å². The molecule has 1 heterocycles. The second-order valence-electron chi connectivity index (χ2n) is 7.28. The van der Waals surface area contributed by atoms with Crippen LogP contribution in [0.4, 0.5) is 5.95 Å². The van der Waals surface area contributed by atoms with E-state index in [1.807, 2.05) is 47.0 Å². The number of hydrogen-bond acceptors (Lipinski definition) is 5. The third-order valence-corrected chi connectivity index (χ3v) is 5.45. The summed E-state index contributed by atoms with van der Waals surface area (Å²) in [7, 11) is 1.62. The van der Waals surface area contributed by atoms with E-state index in [-0.39, 0.29) is 6.61 Å². The van der Waals surface area contributed by atoms with Crippen molar-refractivity contribution < 1.29 is 19.1 Å². The van der Waals surface area contributed by atoms with Crippen LogP contribution in [0.15, 0.2) is 48.5 Å². The van der Waals surface area contributed by atoms with Crippen LogP contribution in [0.1, 0.15) is 13.8 Å². The van der Waals surface area contributed by atoms with E-state index in [4.69, 9.17) is 15.2 Å². The third kappa shape index (κ3) is 5.04. The van der Waals surface area contributed by atoms with Gasteiger partial charge in [-0.05, 0) is 49.5 Å². The molecule has 0 unspecified atom stereocenters. The van der Waals surface area contributed by atoms with Crippen LogP contribution in [-0.4, -0.2) is 54.0 Å². The van der Waals surface area contributed by atoms with Crippen LogP contribution in [0.25, 0.3) is 11.0 Å². The molecule has 0 bridgehead atoms. The number of rotatable bonds is 11. The number of hydrogen-bond donors (Lipinski definition) is 2. The topological polar surface area (TPSA) is 76.8 Å². The van der Waals surface area contributed by atoms with Crippen molar-refractivity contribution in [3.8, 4) is 11.5 Å². The standard InChI is InChI=1S/C23H32N4O3/c1-4-25(5-2)14-15-26-21-8-6-7-9-22(21)27(23(26)24)16-18(28)17-30-20-12-10-19(29-3)11-13-20/h6-13,18,24,28H,4-5,14-17H2,1-3H3/p+1/t18-/m0/s1. The quantitative estimate of drug-likeness (QED) is 0.472. The maximum atomic E-state index is 10.6. The van der Waals surface area contributed by atoms with Crippen LogP contribution < -0.4 is 19.8 Å². The van der Waals surface area contributed by atoms with E-state index in [0.29, 0.717) is 18.2 Å². The summed E-state index contributed by atoms with van der Waals surface area (Å²) in [5, 5.41) is 10.6. The Kier molecular flexibility index (Phi) is 7.54. The maximum absolute atomic E-state index is 10.6. The molecule has 0 aliphatic rings. The van der Waals surface area contributed by atoms with Gasteiger partial charge in [-0.1, -0.05) is 26.0 Å². The number of methoxy groups -OCH3 is 1. The number of nitrogens with two attached hydrogens (primary N) is 1. The van der Waals surface area contributed by atoms with Gasteiger partial charge >= 0.3 is 5.95 Å². The molecule has 3 N–H and O–H groups in total. The van der Waals surface area contributed by atoms with Gasteiger partial charge in [-0.25, -0.2) is 9.13 Å². The molecule has 162 valence electrons. The van der Waals surface area contributed by atoms with Crippen LogP contribution in [0, 0.1) is 0 Å². The highest BCUT2D eigenvalue weighted by molar-refractivity contribution is 5.73. The van der Waals surface area contributed by atoms with Gasteiger partial charge in [0.25, 0.3) is 0 Å². The Morgan fingerprint density at radius 3 is 2.40 bits per heavy atom. The largest absolute Gasteiger partial charge is 0.497 e. The lowest BCUT2D eigenvalue weighted by Gasteiger charge is -2.17. The van der Waals surface area contributed by atoms with Gasteiger partial charge in [0.05, 0.1) is 13.7 Å². The van der Waals surface area contributed by atoms with Crippen molar-refractivity contribution in [2.24, 2.45) is 0 Å². The summed E-state index contributed by atoms with van der Waals surface area (Å²) in [4.78, 5) is 2.37. The fourth-order valence-corrected chi connectivity index (χ4v) is 3.65. The van der Waals surface area contributed by atoms with Gasteiger partial charge in [-0.3, -0.25) is 5.73 Å². The van der Waals surface area contributed by atoms with E-state index < -0.39 is 6.10 Å². The number of aromatic nitrogens is 2. The van der Waals surface area contributed by atoms with Crippen molar-refractivity contribution in [1.82, 2.24) is 9.47 Å². The molecule has 7 heteroatoms. The Morgan fingerprint density at radius 2 is 1.73 bits per heavy atom. The van der Waals surface area contributed by atoms with E-state index in [9.17, 15) is 5.11 Å². The van der Waals surface area contributed by atoms with Crippen molar-refractivity contribution in [2.75, 3.05) is 39.1 Å². The first-order valence-electron chi connectivity index (χ1n) is 10.5. The molecule has 0 amide bonds. The van der Waals surface area contributed by atoms with Crippen LogP contribution >= 0.6 is 0 Å². The zero-order valence-corrected chi connectivity index (χ0v) is 18.1. The monoisotopic (exact) mass is 413 g/mol. The molecule has 30 heavy (non-hydrogen) atoms. The SMILES string of the molecule is CCN(CC)CCn1c(N)[n+](C[C@H](O)COc2ccc(OC)cc2)c2ccccc21. The van der Waals surface area contributed by atoms with Crippen molar-refractivity contribution >= 4 is 17.0 Å². The Morgan fingerprint density at radius 1 is 1.07 bits per heavy atom. The highest BCUT2D eigenvalue weighted by Gasteiger charge is 2.23. The molecule has 0 saturated carbocycles. The number of fused-ring (bicyclic) bond motifs is 1. The number of para-hydroxylation sites is 2. The number of anilines is 1. The number of benzene rings is 2. The summed E-state index contributed by atoms with van der Waals surface area (Å²) in [6.07, 6.45) is -0.693. The van der Waals surface area contributed by atoms with Crippen molar-refractivity contribution in [3.63, 3.8) is 0 Å². The second-order valence-corrected chi connectivity index (χ2v) is 7.28. The lowest BCUT2D eigenvalue weighted by Crippen LogP contribution is -2.44. The summed E-state index contributed by atoms with van der Waals surface area (Å²) < 4.78 is 15.0. The minimum absolute atomic E-state index is 0.178. The van der Waals surface area contributed by atoms with Crippen LogP contribution in [0.2, 0.25) is 0 Å². The Bertz CT molecular complexity index is 936. The first-order valence-corrected chi connectivity index (χ1v) is 10.5. The molecule has 0 spiro atoms. The maximum Gasteiger partial charge on any atom is 0.356 e. The number of likely N-dealkylation sites (N-methyl/N-ethyl adjacent to an activating group) is 1. The zero-order chi connectivity index (χ0) is 21.5. The highest BCUT2D eigenvalue weighted by atomic mass is 16.5. The number of imidazole rings is 1. The second kappa shape index (κ2) is 10.3. The molecular weight excluding hydrogens is 380 g/mol. The Hall–Kier alpha value is -2.77. The summed E-state index contributed by atoms with van der Waals surface area (Å²) in [6, 6.07) is 15.4. The van der Waals surface area contributed by atoms with E-state index in [2.05, 4.69) is 29.4 Å². The van der Waals surface area contributed by atoms with Gasteiger partial charge in [-0.2, -0.15) is 0 Å². The molecule has 1 aromatic heterocycles. The molecule has 0 radical (unpaired) electrons. The molecule has 0 aliphatic carbocycles. The molecule has 1 atom stereocenters. The predicted molar refractivity (Wildman–Crippen MR) is 119 cm³/mol. The third-order valence-electron chi connectivity index (χ3n) is 5.45. The first kappa shape index (κ1) is 21.9. The van der Waals surface area contributed by atoms with Gasteiger partial charge in [0.15, 0.2) is 0 Å². The predicted octanol–water partition coefficient (Wildman–Crippen LogP) is 2.30.